The lowest BCUT2D eigenvalue weighted by atomic mass is 9.97. The van der Waals surface area contributed by atoms with Crippen LogP contribution in [0.15, 0.2) is 48.5 Å². The highest BCUT2D eigenvalue weighted by Crippen LogP contribution is 2.26. The average molecular weight is 388 g/mol. The average Bonchev–Trinajstić information content (AvgIpc) is 2.64. The molecular formula is C20H24N2O4S. The van der Waals surface area contributed by atoms with Crippen molar-refractivity contribution >= 4 is 21.6 Å². The molecule has 1 atom stereocenters. The Kier molecular flexibility index (Phi) is 5.70. The molecule has 6 nitrogen and oxygen atoms in total. The van der Waals surface area contributed by atoms with E-state index in [-0.39, 0.29) is 18.4 Å². The van der Waals surface area contributed by atoms with Crippen LogP contribution in [0, 0.1) is 12.8 Å². The normalized spacial score (nSPS) is 16.1. The number of ether oxygens (including phenoxy) is 1. The van der Waals surface area contributed by atoms with Crippen LogP contribution in [0.1, 0.15) is 11.1 Å². The predicted molar refractivity (Wildman–Crippen MR) is 106 cm³/mol. The zero-order chi connectivity index (χ0) is 19.4. The number of hydrogen-bond acceptors (Lipinski definition) is 4. The van der Waals surface area contributed by atoms with Crippen LogP contribution in [0.5, 0.6) is 5.75 Å². The molecule has 0 spiro atoms. The molecule has 0 aromatic heterocycles. The first-order valence-corrected chi connectivity index (χ1v) is 10.7. The first-order valence-electron chi connectivity index (χ1n) is 8.85. The molecule has 2 aromatic carbocycles. The Morgan fingerprint density at radius 1 is 1.19 bits per heavy atom. The van der Waals surface area contributed by atoms with E-state index in [0.717, 1.165) is 33.9 Å². The summed E-state index contributed by atoms with van der Waals surface area (Å²) in [5.74, 6) is 0.720. The lowest BCUT2D eigenvalue weighted by Crippen LogP contribution is -2.43. The van der Waals surface area contributed by atoms with Crippen molar-refractivity contribution in [2.75, 3.05) is 30.3 Å². The van der Waals surface area contributed by atoms with Gasteiger partial charge < -0.3 is 10.1 Å². The number of para-hydroxylation sites is 1. The Hall–Kier alpha value is -2.54. The number of carbonyl (C=O) groups excluding carboxylic acids is 1. The third-order valence-corrected chi connectivity index (χ3v) is 5.69. The standard InChI is InChI=1S/C20H24N2O4S/c1-15-7-9-18(10-8-15)22(27(2,24)25)13-20(23)21-12-16-11-17-5-3-4-6-19(17)26-14-16/h3-10,16H,11-14H2,1-2H3,(H,21,23)/t16-/m1/s1. The van der Waals surface area contributed by atoms with E-state index in [4.69, 9.17) is 4.74 Å². The quantitative estimate of drug-likeness (QED) is 0.823. The molecule has 3 rings (SSSR count). The Balaban J connectivity index is 1.59. The fourth-order valence-corrected chi connectivity index (χ4v) is 3.93. The van der Waals surface area contributed by atoms with E-state index in [1.807, 2.05) is 43.3 Å². The summed E-state index contributed by atoms with van der Waals surface area (Å²) in [6.45, 7) is 2.65. The van der Waals surface area contributed by atoms with E-state index >= 15 is 0 Å². The maximum atomic E-state index is 12.4. The number of carbonyl (C=O) groups is 1. The molecule has 0 radical (unpaired) electrons. The van der Waals surface area contributed by atoms with Gasteiger partial charge in [0.2, 0.25) is 15.9 Å². The van der Waals surface area contributed by atoms with Crippen LogP contribution in [0.3, 0.4) is 0 Å². The number of sulfonamides is 1. The Bertz CT molecular complexity index is 910. The molecule has 27 heavy (non-hydrogen) atoms. The number of hydrogen-bond donors (Lipinski definition) is 1. The van der Waals surface area contributed by atoms with Crippen molar-refractivity contribution in [3.8, 4) is 5.75 Å². The van der Waals surface area contributed by atoms with Gasteiger partial charge in [0.25, 0.3) is 0 Å². The highest BCUT2D eigenvalue weighted by molar-refractivity contribution is 7.92. The van der Waals surface area contributed by atoms with Crippen LogP contribution in [-0.2, 0) is 21.2 Å². The van der Waals surface area contributed by atoms with Gasteiger partial charge in [-0.25, -0.2) is 8.42 Å². The van der Waals surface area contributed by atoms with Crippen molar-refractivity contribution in [2.24, 2.45) is 5.92 Å². The van der Waals surface area contributed by atoms with Crippen molar-refractivity contribution in [2.45, 2.75) is 13.3 Å². The summed E-state index contributed by atoms with van der Waals surface area (Å²) in [5, 5.41) is 2.84. The highest BCUT2D eigenvalue weighted by Gasteiger charge is 2.23. The van der Waals surface area contributed by atoms with Gasteiger partial charge in [-0.1, -0.05) is 35.9 Å². The topological polar surface area (TPSA) is 75.7 Å². The van der Waals surface area contributed by atoms with Gasteiger partial charge in [0.05, 0.1) is 18.6 Å². The molecule has 0 aliphatic carbocycles. The van der Waals surface area contributed by atoms with Crippen molar-refractivity contribution in [1.82, 2.24) is 5.32 Å². The molecule has 0 saturated heterocycles. The van der Waals surface area contributed by atoms with E-state index in [2.05, 4.69) is 5.32 Å². The molecule has 0 saturated carbocycles. The van der Waals surface area contributed by atoms with Gasteiger partial charge in [0.15, 0.2) is 0 Å². The van der Waals surface area contributed by atoms with Crippen LogP contribution < -0.4 is 14.4 Å². The van der Waals surface area contributed by atoms with Gasteiger partial charge in [-0.2, -0.15) is 0 Å². The summed E-state index contributed by atoms with van der Waals surface area (Å²) in [7, 11) is -3.56. The van der Waals surface area contributed by atoms with Crippen LogP contribution in [0.4, 0.5) is 5.69 Å². The van der Waals surface area contributed by atoms with Gasteiger partial charge >= 0.3 is 0 Å². The lowest BCUT2D eigenvalue weighted by molar-refractivity contribution is -0.119. The number of aryl methyl sites for hydroxylation is 1. The Labute approximate surface area is 160 Å². The second kappa shape index (κ2) is 8.00. The monoisotopic (exact) mass is 388 g/mol. The predicted octanol–water partition coefficient (Wildman–Crippen LogP) is 2.13. The maximum Gasteiger partial charge on any atom is 0.240 e. The maximum absolute atomic E-state index is 12.4. The first kappa shape index (κ1) is 19.2. The van der Waals surface area contributed by atoms with Crippen LogP contribution in [0.25, 0.3) is 0 Å². The molecule has 1 aliphatic rings. The van der Waals surface area contributed by atoms with Crippen LogP contribution in [0.2, 0.25) is 0 Å². The van der Waals surface area contributed by atoms with Crippen molar-refractivity contribution in [3.63, 3.8) is 0 Å². The van der Waals surface area contributed by atoms with E-state index in [1.165, 1.54) is 0 Å². The summed E-state index contributed by atoms with van der Waals surface area (Å²) >= 11 is 0. The number of nitrogens with zero attached hydrogens (tertiary/aromatic N) is 1. The van der Waals surface area contributed by atoms with Crippen molar-refractivity contribution in [1.29, 1.82) is 0 Å². The zero-order valence-corrected chi connectivity index (χ0v) is 16.3. The van der Waals surface area contributed by atoms with Crippen LogP contribution in [-0.4, -0.2) is 40.3 Å². The molecule has 0 unspecified atom stereocenters. The summed E-state index contributed by atoms with van der Waals surface area (Å²) < 4.78 is 31.1. The summed E-state index contributed by atoms with van der Waals surface area (Å²) in [5.41, 5.74) is 2.63. The van der Waals surface area contributed by atoms with E-state index < -0.39 is 10.0 Å². The van der Waals surface area contributed by atoms with Gasteiger partial charge in [0, 0.05) is 12.5 Å². The Morgan fingerprint density at radius 3 is 2.59 bits per heavy atom. The molecular weight excluding hydrogens is 364 g/mol. The second-order valence-corrected chi connectivity index (χ2v) is 8.80. The van der Waals surface area contributed by atoms with Gasteiger partial charge in [0.1, 0.15) is 12.3 Å². The summed E-state index contributed by atoms with van der Waals surface area (Å²) in [6, 6.07) is 14.9. The van der Waals surface area contributed by atoms with Crippen LogP contribution >= 0.6 is 0 Å². The molecule has 1 amide bonds. The van der Waals surface area contributed by atoms with Crippen molar-refractivity contribution < 1.29 is 17.9 Å². The summed E-state index contributed by atoms with van der Waals surface area (Å²) in [4.78, 5) is 12.4. The lowest BCUT2D eigenvalue weighted by Gasteiger charge is -2.26. The van der Waals surface area contributed by atoms with E-state index in [0.29, 0.717) is 18.8 Å². The van der Waals surface area contributed by atoms with Gasteiger partial charge in [-0.05, 0) is 37.1 Å². The number of rotatable bonds is 6. The number of benzene rings is 2. The molecule has 144 valence electrons. The number of anilines is 1. The SMILES string of the molecule is Cc1ccc(N(CC(=O)NC[C@@H]2COc3ccccc3C2)S(C)(=O)=O)cc1. The zero-order valence-electron chi connectivity index (χ0n) is 15.5. The molecule has 0 fully saturated rings. The fourth-order valence-electron chi connectivity index (χ4n) is 3.08. The molecule has 1 heterocycles. The third kappa shape index (κ3) is 5.01. The first-order chi connectivity index (χ1) is 12.8. The second-order valence-electron chi connectivity index (χ2n) is 6.90. The number of fused-ring (bicyclic) bond motifs is 1. The highest BCUT2D eigenvalue weighted by atomic mass is 32.2. The smallest absolute Gasteiger partial charge is 0.240 e. The fraction of sp³-hybridized carbons (Fsp3) is 0.350. The number of amides is 1. The van der Waals surface area contributed by atoms with E-state index in [1.54, 1.807) is 12.1 Å². The molecule has 1 N–H and O–H groups in total. The minimum Gasteiger partial charge on any atom is -0.493 e. The largest absolute Gasteiger partial charge is 0.493 e. The van der Waals surface area contributed by atoms with Gasteiger partial charge in [-0.3, -0.25) is 9.10 Å². The molecule has 1 aliphatic heterocycles. The third-order valence-electron chi connectivity index (χ3n) is 4.55. The molecule has 2 aromatic rings. The van der Waals surface area contributed by atoms with E-state index in [9.17, 15) is 13.2 Å². The molecule has 0 bridgehead atoms. The minimum absolute atomic E-state index is 0.162. The van der Waals surface area contributed by atoms with Crippen molar-refractivity contribution in [3.05, 3.63) is 59.7 Å². The Morgan fingerprint density at radius 2 is 1.89 bits per heavy atom. The number of nitrogens with one attached hydrogen (secondary N) is 1. The molecule has 7 heteroatoms. The van der Waals surface area contributed by atoms with Gasteiger partial charge in [-0.15, -0.1) is 0 Å². The minimum atomic E-state index is -3.56. The summed E-state index contributed by atoms with van der Waals surface area (Å²) in [6.07, 6.45) is 1.93.